The van der Waals surface area contributed by atoms with Crippen LogP contribution in [0.3, 0.4) is 0 Å². The molecular formula is C17H25Br. The first-order valence-corrected chi connectivity index (χ1v) is 8.18. The highest BCUT2D eigenvalue weighted by Crippen LogP contribution is 2.31. The fourth-order valence-electron chi connectivity index (χ4n) is 3.40. The second-order valence-electron chi connectivity index (χ2n) is 6.06. The summed E-state index contributed by atoms with van der Waals surface area (Å²) in [6.07, 6.45) is 8.22. The van der Waals surface area contributed by atoms with Crippen LogP contribution in [0.2, 0.25) is 0 Å². The van der Waals surface area contributed by atoms with Crippen molar-refractivity contribution in [2.24, 2.45) is 5.92 Å². The Labute approximate surface area is 120 Å². The van der Waals surface area contributed by atoms with E-state index in [0.29, 0.717) is 0 Å². The van der Waals surface area contributed by atoms with Gasteiger partial charge in [0.05, 0.1) is 0 Å². The van der Waals surface area contributed by atoms with Crippen molar-refractivity contribution in [3.8, 4) is 0 Å². The van der Waals surface area contributed by atoms with Crippen molar-refractivity contribution in [2.45, 2.75) is 64.1 Å². The van der Waals surface area contributed by atoms with E-state index >= 15 is 0 Å². The van der Waals surface area contributed by atoms with Crippen molar-refractivity contribution in [3.05, 3.63) is 34.4 Å². The maximum absolute atomic E-state index is 3.84. The first-order chi connectivity index (χ1) is 8.56. The van der Waals surface area contributed by atoms with Crippen molar-refractivity contribution in [2.75, 3.05) is 0 Å². The number of aryl methyl sites for hydroxylation is 3. The third-order valence-electron chi connectivity index (χ3n) is 4.30. The van der Waals surface area contributed by atoms with Crippen LogP contribution in [0, 0.1) is 26.7 Å². The molecule has 0 nitrogen and oxygen atoms in total. The van der Waals surface area contributed by atoms with Crippen LogP contribution in [-0.4, -0.2) is 4.83 Å². The van der Waals surface area contributed by atoms with Gasteiger partial charge in [0, 0.05) is 4.83 Å². The summed E-state index contributed by atoms with van der Waals surface area (Å²) < 4.78 is 0. The minimum Gasteiger partial charge on any atom is -0.0891 e. The number of rotatable bonds is 2. The van der Waals surface area contributed by atoms with E-state index in [1.165, 1.54) is 55.2 Å². The molecule has 0 bridgehead atoms. The minimum absolute atomic E-state index is 0.746. The lowest BCUT2D eigenvalue weighted by Gasteiger charge is -2.19. The SMILES string of the molecule is Cc1cc(C)c(CC2CCCCC(Br)C2)c(C)c1. The summed E-state index contributed by atoms with van der Waals surface area (Å²) in [6, 6.07) is 4.68. The minimum atomic E-state index is 0.746. The molecule has 1 aliphatic carbocycles. The van der Waals surface area contributed by atoms with Crippen LogP contribution in [0.25, 0.3) is 0 Å². The quantitative estimate of drug-likeness (QED) is 0.500. The van der Waals surface area contributed by atoms with Gasteiger partial charge in [-0.25, -0.2) is 0 Å². The molecule has 2 rings (SSSR count). The van der Waals surface area contributed by atoms with Gasteiger partial charge in [-0.3, -0.25) is 0 Å². The van der Waals surface area contributed by atoms with Crippen LogP contribution in [0.5, 0.6) is 0 Å². The highest BCUT2D eigenvalue weighted by molar-refractivity contribution is 9.09. The molecule has 1 aliphatic rings. The molecule has 100 valence electrons. The molecule has 0 heterocycles. The van der Waals surface area contributed by atoms with Gasteiger partial charge in [-0.05, 0) is 62.6 Å². The van der Waals surface area contributed by atoms with Crippen molar-refractivity contribution in [1.29, 1.82) is 0 Å². The van der Waals surface area contributed by atoms with E-state index in [2.05, 4.69) is 48.8 Å². The Balaban J connectivity index is 2.13. The van der Waals surface area contributed by atoms with Crippen molar-refractivity contribution >= 4 is 15.9 Å². The molecule has 1 aromatic rings. The van der Waals surface area contributed by atoms with E-state index in [1.54, 1.807) is 5.56 Å². The molecule has 1 heteroatoms. The normalized spacial score (nSPS) is 24.9. The molecule has 18 heavy (non-hydrogen) atoms. The third kappa shape index (κ3) is 3.60. The Hall–Kier alpha value is -0.300. The van der Waals surface area contributed by atoms with Crippen LogP contribution in [0.1, 0.15) is 54.4 Å². The fraction of sp³-hybridized carbons (Fsp3) is 0.647. The molecule has 0 spiro atoms. The molecule has 0 N–H and O–H groups in total. The number of halogens is 1. The summed E-state index contributed by atoms with van der Waals surface area (Å²) in [4.78, 5) is 0.746. The second-order valence-corrected chi connectivity index (χ2v) is 7.36. The summed E-state index contributed by atoms with van der Waals surface area (Å²) in [7, 11) is 0. The lowest BCUT2D eigenvalue weighted by molar-refractivity contribution is 0.462. The highest BCUT2D eigenvalue weighted by Gasteiger charge is 2.19. The fourth-order valence-corrected chi connectivity index (χ4v) is 4.25. The molecule has 1 saturated carbocycles. The van der Waals surface area contributed by atoms with Gasteiger partial charge in [0.25, 0.3) is 0 Å². The first kappa shape index (κ1) is 14.1. The van der Waals surface area contributed by atoms with Crippen molar-refractivity contribution in [3.63, 3.8) is 0 Å². The van der Waals surface area contributed by atoms with Crippen LogP contribution >= 0.6 is 15.9 Å². The van der Waals surface area contributed by atoms with E-state index < -0.39 is 0 Å². The van der Waals surface area contributed by atoms with Crippen molar-refractivity contribution < 1.29 is 0 Å². The molecule has 0 amide bonds. The second kappa shape index (κ2) is 6.23. The van der Waals surface area contributed by atoms with Gasteiger partial charge in [0.2, 0.25) is 0 Å². The maximum atomic E-state index is 3.84. The third-order valence-corrected chi connectivity index (χ3v) is 5.13. The Bertz CT molecular complexity index is 385. The topological polar surface area (TPSA) is 0 Å². The van der Waals surface area contributed by atoms with Crippen LogP contribution in [0.15, 0.2) is 12.1 Å². The van der Waals surface area contributed by atoms with Gasteiger partial charge in [0.1, 0.15) is 0 Å². The van der Waals surface area contributed by atoms with Gasteiger partial charge >= 0.3 is 0 Å². The molecule has 0 aliphatic heterocycles. The first-order valence-electron chi connectivity index (χ1n) is 7.27. The zero-order valence-electron chi connectivity index (χ0n) is 11.9. The Morgan fingerprint density at radius 2 is 1.67 bits per heavy atom. The van der Waals surface area contributed by atoms with Crippen LogP contribution in [-0.2, 0) is 6.42 Å². The van der Waals surface area contributed by atoms with E-state index in [4.69, 9.17) is 0 Å². The van der Waals surface area contributed by atoms with Gasteiger partial charge in [-0.1, -0.05) is 52.9 Å². The largest absolute Gasteiger partial charge is 0.0891 e. The average molecular weight is 309 g/mol. The Morgan fingerprint density at radius 1 is 1.06 bits per heavy atom. The average Bonchev–Trinajstić information content (AvgIpc) is 2.48. The lowest BCUT2D eigenvalue weighted by Crippen LogP contribution is -2.10. The summed E-state index contributed by atoms with van der Waals surface area (Å²) in [5.74, 6) is 0.872. The maximum Gasteiger partial charge on any atom is 0.0148 e. The Kier molecular flexibility index (Phi) is 4.89. The molecule has 2 unspecified atom stereocenters. The summed E-state index contributed by atoms with van der Waals surface area (Å²) in [5, 5.41) is 0. The predicted octanol–water partition coefficient (Wildman–Crippen LogP) is 5.50. The van der Waals surface area contributed by atoms with E-state index in [0.717, 1.165) is 10.7 Å². The van der Waals surface area contributed by atoms with Gasteiger partial charge in [-0.15, -0.1) is 0 Å². The highest BCUT2D eigenvalue weighted by atomic mass is 79.9. The van der Waals surface area contributed by atoms with Gasteiger partial charge in [-0.2, -0.15) is 0 Å². The number of alkyl halides is 1. The Morgan fingerprint density at radius 3 is 2.33 bits per heavy atom. The summed E-state index contributed by atoms with van der Waals surface area (Å²) in [6.45, 7) is 6.75. The smallest absolute Gasteiger partial charge is 0.0148 e. The molecule has 0 aromatic heterocycles. The number of hydrogen-bond donors (Lipinski definition) is 0. The summed E-state index contributed by atoms with van der Waals surface area (Å²) >= 11 is 3.84. The van der Waals surface area contributed by atoms with E-state index in [-0.39, 0.29) is 0 Å². The molecule has 1 fully saturated rings. The summed E-state index contributed by atoms with van der Waals surface area (Å²) in [5.41, 5.74) is 5.98. The van der Waals surface area contributed by atoms with Crippen LogP contribution in [0.4, 0.5) is 0 Å². The van der Waals surface area contributed by atoms with E-state index in [1.807, 2.05) is 0 Å². The monoisotopic (exact) mass is 308 g/mol. The van der Waals surface area contributed by atoms with E-state index in [9.17, 15) is 0 Å². The number of benzene rings is 1. The number of hydrogen-bond acceptors (Lipinski definition) is 0. The molecule has 0 saturated heterocycles. The molecule has 1 aromatic carbocycles. The molecule has 0 radical (unpaired) electrons. The van der Waals surface area contributed by atoms with Gasteiger partial charge in [0.15, 0.2) is 0 Å². The van der Waals surface area contributed by atoms with Crippen LogP contribution < -0.4 is 0 Å². The zero-order valence-corrected chi connectivity index (χ0v) is 13.5. The molecule has 2 atom stereocenters. The predicted molar refractivity (Wildman–Crippen MR) is 83.6 cm³/mol. The zero-order chi connectivity index (χ0) is 13.1. The van der Waals surface area contributed by atoms with Gasteiger partial charge < -0.3 is 0 Å². The lowest BCUT2D eigenvalue weighted by atomic mass is 9.87. The standard InChI is InChI=1S/C17H25Br/c1-12-8-13(2)17(14(3)9-12)11-15-6-4-5-7-16(18)10-15/h8-9,15-16H,4-7,10-11H2,1-3H3. The van der Waals surface area contributed by atoms with Crippen molar-refractivity contribution in [1.82, 2.24) is 0 Å². The molecular weight excluding hydrogens is 284 g/mol.